The van der Waals surface area contributed by atoms with E-state index in [0.717, 1.165) is 6.04 Å². The van der Waals surface area contributed by atoms with E-state index in [1.807, 2.05) is 0 Å². The van der Waals surface area contributed by atoms with Crippen molar-refractivity contribution in [2.24, 2.45) is 0 Å². The lowest BCUT2D eigenvalue weighted by Crippen LogP contribution is -2.44. The summed E-state index contributed by atoms with van der Waals surface area (Å²) in [6.45, 7) is 7.23. The SMILES string of the molecule is Cc1c(Br)cccc1N1CCCN2CCCCC2C1. The van der Waals surface area contributed by atoms with Crippen LogP contribution in [-0.4, -0.2) is 37.1 Å². The molecule has 0 N–H and O–H groups in total. The Kier molecular flexibility index (Phi) is 4.13. The summed E-state index contributed by atoms with van der Waals surface area (Å²) in [4.78, 5) is 5.33. The van der Waals surface area contributed by atoms with Gasteiger partial charge in [0.15, 0.2) is 0 Å². The van der Waals surface area contributed by atoms with E-state index in [-0.39, 0.29) is 0 Å². The highest BCUT2D eigenvalue weighted by molar-refractivity contribution is 9.10. The van der Waals surface area contributed by atoms with E-state index in [9.17, 15) is 0 Å². The fraction of sp³-hybridized carbons (Fsp3) is 0.625. The Morgan fingerprint density at radius 3 is 2.84 bits per heavy atom. The van der Waals surface area contributed by atoms with Crippen molar-refractivity contribution >= 4 is 21.6 Å². The Morgan fingerprint density at radius 1 is 1.11 bits per heavy atom. The molecule has 2 saturated heterocycles. The Bertz CT molecular complexity index is 446. The molecule has 19 heavy (non-hydrogen) atoms. The van der Waals surface area contributed by atoms with Gasteiger partial charge in [-0.05, 0) is 50.4 Å². The number of nitrogens with zero attached hydrogens (tertiary/aromatic N) is 2. The van der Waals surface area contributed by atoms with Gasteiger partial charge in [-0.1, -0.05) is 28.4 Å². The first-order valence-corrected chi connectivity index (χ1v) is 8.29. The van der Waals surface area contributed by atoms with E-state index in [1.165, 1.54) is 67.6 Å². The Balaban J connectivity index is 1.82. The van der Waals surface area contributed by atoms with Crippen molar-refractivity contribution in [1.82, 2.24) is 4.90 Å². The zero-order valence-corrected chi connectivity index (χ0v) is 13.3. The lowest BCUT2D eigenvalue weighted by molar-refractivity contribution is 0.162. The molecule has 1 unspecified atom stereocenters. The molecule has 0 aromatic heterocycles. The maximum atomic E-state index is 3.66. The number of anilines is 1. The lowest BCUT2D eigenvalue weighted by atomic mass is 10.0. The second-order valence-electron chi connectivity index (χ2n) is 5.87. The number of halogens is 1. The van der Waals surface area contributed by atoms with Gasteiger partial charge < -0.3 is 4.90 Å². The molecule has 3 heteroatoms. The predicted molar refractivity (Wildman–Crippen MR) is 84.9 cm³/mol. The standard InChI is InChI=1S/C16H23BrN2/c1-13-15(17)7-4-8-16(13)19-11-5-10-18-9-3-2-6-14(18)12-19/h4,7-8,14H,2-3,5-6,9-12H2,1H3. The minimum absolute atomic E-state index is 0.773. The number of hydrogen-bond donors (Lipinski definition) is 0. The van der Waals surface area contributed by atoms with Gasteiger partial charge in [-0.15, -0.1) is 0 Å². The largest absolute Gasteiger partial charge is 0.370 e. The summed E-state index contributed by atoms with van der Waals surface area (Å²) >= 11 is 3.66. The fourth-order valence-corrected chi connectivity index (χ4v) is 3.88. The molecule has 0 aliphatic carbocycles. The highest BCUT2D eigenvalue weighted by Gasteiger charge is 2.27. The van der Waals surface area contributed by atoms with Gasteiger partial charge in [0, 0.05) is 35.8 Å². The van der Waals surface area contributed by atoms with E-state index in [4.69, 9.17) is 0 Å². The van der Waals surface area contributed by atoms with E-state index in [2.05, 4.69) is 50.9 Å². The molecular weight excluding hydrogens is 300 g/mol. The molecule has 1 atom stereocenters. The molecular formula is C16H23BrN2. The number of fused-ring (bicyclic) bond motifs is 1. The highest BCUT2D eigenvalue weighted by Crippen LogP contribution is 2.30. The number of benzene rings is 1. The first-order chi connectivity index (χ1) is 9.25. The summed E-state index contributed by atoms with van der Waals surface area (Å²) in [5, 5.41) is 0. The summed E-state index contributed by atoms with van der Waals surface area (Å²) in [5.41, 5.74) is 2.80. The van der Waals surface area contributed by atoms with Crippen molar-refractivity contribution in [3.63, 3.8) is 0 Å². The number of rotatable bonds is 1. The van der Waals surface area contributed by atoms with Gasteiger partial charge in [0.1, 0.15) is 0 Å². The van der Waals surface area contributed by atoms with Crippen molar-refractivity contribution in [2.45, 2.75) is 38.6 Å². The maximum absolute atomic E-state index is 3.66. The quantitative estimate of drug-likeness (QED) is 0.775. The van der Waals surface area contributed by atoms with E-state index < -0.39 is 0 Å². The normalized spacial score (nSPS) is 24.9. The van der Waals surface area contributed by atoms with Crippen LogP contribution < -0.4 is 4.90 Å². The van der Waals surface area contributed by atoms with Crippen molar-refractivity contribution in [3.8, 4) is 0 Å². The summed E-state index contributed by atoms with van der Waals surface area (Å²) < 4.78 is 1.23. The van der Waals surface area contributed by atoms with Crippen LogP contribution in [0.1, 0.15) is 31.2 Å². The predicted octanol–water partition coefficient (Wildman–Crippen LogP) is 3.82. The first-order valence-electron chi connectivity index (χ1n) is 7.50. The molecule has 0 bridgehead atoms. The van der Waals surface area contributed by atoms with Crippen molar-refractivity contribution < 1.29 is 0 Å². The molecule has 0 spiro atoms. The molecule has 2 fully saturated rings. The smallest absolute Gasteiger partial charge is 0.0407 e. The van der Waals surface area contributed by atoms with Crippen LogP contribution in [0.4, 0.5) is 5.69 Å². The van der Waals surface area contributed by atoms with Crippen LogP contribution in [0.2, 0.25) is 0 Å². The topological polar surface area (TPSA) is 6.48 Å². The van der Waals surface area contributed by atoms with E-state index in [0.29, 0.717) is 0 Å². The van der Waals surface area contributed by atoms with Crippen LogP contribution in [0, 0.1) is 6.92 Å². The van der Waals surface area contributed by atoms with E-state index in [1.54, 1.807) is 0 Å². The van der Waals surface area contributed by atoms with Crippen molar-refractivity contribution in [3.05, 3.63) is 28.2 Å². The molecule has 0 radical (unpaired) electrons. The average Bonchev–Trinajstić information content (AvgIpc) is 2.64. The minimum Gasteiger partial charge on any atom is -0.370 e. The maximum Gasteiger partial charge on any atom is 0.0407 e. The summed E-state index contributed by atoms with van der Waals surface area (Å²) in [5.74, 6) is 0. The van der Waals surface area contributed by atoms with Crippen LogP contribution >= 0.6 is 15.9 Å². The molecule has 0 amide bonds. The third-order valence-corrected chi connectivity index (χ3v) is 5.49. The van der Waals surface area contributed by atoms with Crippen LogP contribution in [-0.2, 0) is 0 Å². The van der Waals surface area contributed by atoms with E-state index >= 15 is 0 Å². The van der Waals surface area contributed by atoms with Gasteiger partial charge in [-0.2, -0.15) is 0 Å². The van der Waals surface area contributed by atoms with Crippen LogP contribution in [0.15, 0.2) is 22.7 Å². The van der Waals surface area contributed by atoms with Gasteiger partial charge in [0.2, 0.25) is 0 Å². The first kappa shape index (κ1) is 13.4. The molecule has 1 aromatic carbocycles. The molecule has 2 nitrogen and oxygen atoms in total. The summed E-state index contributed by atoms with van der Waals surface area (Å²) in [7, 11) is 0. The summed E-state index contributed by atoms with van der Waals surface area (Å²) in [6, 6.07) is 7.35. The Hall–Kier alpha value is -0.540. The highest BCUT2D eigenvalue weighted by atomic mass is 79.9. The van der Waals surface area contributed by atoms with Crippen LogP contribution in [0.25, 0.3) is 0 Å². The second kappa shape index (κ2) is 5.84. The van der Waals surface area contributed by atoms with Crippen molar-refractivity contribution in [1.29, 1.82) is 0 Å². The third-order valence-electron chi connectivity index (χ3n) is 4.63. The van der Waals surface area contributed by atoms with Gasteiger partial charge in [0.05, 0.1) is 0 Å². The lowest BCUT2D eigenvalue weighted by Gasteiger charge is -2.36. The zero-order valence-electron chi connectivity index (χ0n) is 11.7. The number of hydrogen-bond acceptors (Lipinski definition) is 2. The molecule has 2 aliphatic heterocycles. The number of piperidine rings is 1. The fourth-order valence-electron chi connectivity index (χ4n) is 3.53. The second-order valence-corrected chi connectivity index (χ2v) is 6.72. The Labute approximate surface area is 124 Å². The molecule has 0 saturated carbocycles. The molecule has 1 aromatic rings. The monoisotopic (exact) mass is 322 g/mol. The van der Waals surface area contributed by atoms with Gasteiger partial charge >= 0.3 is 0 Å². The third kappa shape index (κ3) is 2.82. The minimum atomic E-state index is 0.773. The van der Waals surface area contributed by atoms with Gasteiger partial charge in [-0.25, -0.2) is 0 Å². The van der Waals surface area contributed by atoms with Gasteiger partial charge in [-0.3, -0.25) is 4.90 Å². The van der Waals surface area contributed by atoms with Crippen molar-refractivity contribution in [2.75, 3.05) is 31.1 Å². The van der Waals surface area contributed by atoms with Crippen LogP contribution in [0.5, 0.6) is 0 Å². The Morgan fingerprint density at radius 2 is 1.95 bits per heavy atom. The zero-order chi connectivity index (χ0) is 13.2. The molecule has 2 heterocycles. The molecule has 104 valence electrons. The average molecular weight is 323 g/mol. The van der Waals surface area contributed by atoms with Crippen LogP contribution in [0.3, 0.4) is 0 Å². The molecule has 3 rings (SSSR count). The summed E-state index contributed by atoms with van der Waals surface area (Å²) in [6.07, 6.45) is 5.48. The van der Waals surface area contributed by atoms with Gasteiger partial charge in [0.25, 0.3) is 0 Å². The molecule has 2 aliphatic rings.